The van der Waals surface area contributed by atoms with Gasteiger partial charge in [0.2, 0.25) is 0 Å². The molecule has 172 valence electrons. The van der Waals surface area contributed by atoms with Crippen LogP contribution in [0.5, 0.6) is 0 Å². The van der Waals surface area contributed by atoms with E-state index in [1.165, 1.54) is 33.0 Å². The normalized spacial score (nSPS) is 11.5. The fourth-order valence-electron chi connectivity index (χ4n) is 4.08. The van der Waals surface area contributed by atoms with Crippen molar-refractivity contribution in [2.45, 2.75) is 12.8 Å². The summed E-state index contributed by atoms with van der Waals surface area (Å²) in [6, 6.07) is 34.3. The van der Waals surface area contributed by atoms with Gasteiger partial charge >= 0.3 is 0 Å². The Hall–Kier alpha value is -4.92. The van der Waals surface area contributed by atoms with Crippen LogP contribution in [0.15, 0.2) is 134 Å². The Morgan fingerprint density at radius 3 is 1.25 bits per heavy atom. The van der Waals surface area contributed by atoms with Crippen LogP contribution in [0.1, 0.15) is 11.1 Å². The number of rotatable bonds is 8. The highest BCUT2D eigenvalue weighted by Crippen LogP contribution is 2.29. The van der Waals surface area contributed by atoms with Gasteiger partial charge in [-0.1, -0.05) is 110 Å². The van der Waals surface area contributed by atoms with Gasteiger partial charge in [0.15, 0.2) is 0 Å². The minimum atomic E-state index is 0.596. The Kier molecular flexibility index (Phi) is 7.72. The monoisotopic (exact) mass is 462 g/mol. The van der Waals surface area contributed by atoms with Crippen LogP contribution in [-0.4, -0.2) is 0 Å². The Bertz CT molecular complexity index is 1430. The molecule has 0 amide bonds. The lowest BCUT2D eigenvalue weighted by atomic mass is 9.96. The third-order valence-electron chi connectivity index (χ3n) is 6.23. The largest absolute Gasteiger partial charge is 0.192 e. The summed E-state index contributed by atoms with van der Waals surface area (Å²) in [5.74, 6) is 0. The van der Waals surface area contributed by atoms with Crippen molar-refractivity contribution in [2.75, 3.05) is 0 Å². The van der Waals surface area contributed by atoms with Gasteiger partial charge in [0, 0.05) is 11.1 Å². The second kappa shape index (κ2) is 11.5. The van der Waals surface area contributed by atoms with Crippen molar-refractivity contribution >= 4 is 10.8 Å². The predicted molar refractivity (Wildman–Crippen MR) is 150 cm³/mol. The molecule has 0 aliphatic rings. The van der Waals surface area contributed by atoms with Crippen molar-refractivity contribution in [3.05, 3.63) is 145 Å². The van der Waals surface area contributed by atoms with Gasteiger partial charge in [0.05, 0.1) is 12.1 Å². The molecule has 0 fully saturated rings. The lowest BCUT2D eigenvalue weighted by Crippen LogP contribution is -1.86. The number of hydrogen-bond donors (Lipinski definition) is 0. The molecule has 0 atom stereocenters. The SMILES string of the molecule is C=C/C(C#N)=C\Cc1ccc(-c2ccc3cc(-c4ccc(C/C=C(/C#N)C=C)cc4)ccc3c2)cc1. The molecular formula is C34H26N2. The number of nitriles is 2. The van der Waals surface area contributed by atoms with E-state index in [4.69, 9.17) is 10.5 Å². The zero-order valence-corrected chi connectivity index (χ0v) is 20.1. The first-order chi connectivity index (χ1) is 17.6. The molecule has 36 heavy (non-hydrogen) atoms. The summed E-state index contributed by atoms with van der Waals surface area (Å²) in [5, 5.41) is 20.4. The Morgan fingerprint density at radius 2 is 0.917 bits per heavy atom. The first kappa shape index (κ1) is 24.2. The molecule has 4 aromatic rings. The van der Waals surface area contributed by atoms with Crippen molar-refractivity contribution in [1.82, 2.24) is 0 Å². The highest BCUT2D eigenvalue weighted by atomic mass is 14.2. The van der Waals surface area contributed by atoms with Crippen LogP contribution in [-0.2, 0) is 12.8 Å². The van der Waals surface area contributed by atoms with Crippen LogP contribution in [0.2, 0.25) is 0 Å². The van der Waals surface area contributed by atoms with E-state index in [0.717, 1.165) is 11.1 Å². The van der Waals surface area contributed by atoms with E-state index in [1.54, 1.807) is 12.2 Å². The minimum absolute atomic E-state index is 0.596. The zero-order valence-electron chi connectivity index (χ0n) is 20.1. The van der Waals surface area contributed by atoms with Crippen molar-refractivity contribution in [3.63, 3.8) is 0 Å². The molecule has 0 N–H and O–H groups in total. The number of hydrogen-bond acceptors (Lipinski definition) is 2. The van der Waals surface area contributed by atoms with E-state index in [-0.39, 0.29) is 0 Å². The summed E-state index contributed by atoms with van der Waals surface area (Å²) >= 11 is 0. The minimum Gasteiger partial charge on any atom is -0.192 e. The van der Waals surface area contributed by atoms with Gasteiger partial charge in [-0.3, -0.25) is 0 Å². The van der Waals surface area contributed by atoms with E-state index in [9.17, 15) is 0 Å². The van der Waals surface area contributed by atoms with E-state index < -0.39 is 0 Å². The van der Waals surface area contributed by atoms with Gasteiger partial charge in [0.25, 0.3) is 0 Å². The molecular weight excluding hydrogens is 436 g/mol. The molecule has 4 rings (SSSR count). The van der Waals surface area contributed by atoms with Crippen LogP contribution in [0, 0.1) is 22.7 Å². The summed E-state index contributed by atoms with van der Waals surface area (Å²) in [5.41, 5.74) is 8.19. The number of allylic oxidation sites excluding steroid dienone is 6. The fourth-order valence-corrected chi connectivity index (χ4v) is 4.08. The maximum atomic E-state index is 9.03. The van der Waals surface area contributed by atoms with E-state index in [0.29, 0.717) is 24.0 Å². The third-order valence-corrected chi connectivity index (χ3v) is 6.23. The highest BCUT2D eigenvalue weighted by Gasteiger charge is 2.04. The maximum absolute atomic E-state index is 9.03. The molecule has 0 bridgehead atoms. The van der Waals surface area contributed by atoms with E-state index in [2.05, 4.69) is 110 Å². The van der Waals surface area contributed by atoms with Crippen LogP contribution in [0.4, 0.5) is 0 Å². The van der Waals surface area contributed by atoms with E-state index in [1.807, 2.05) is 12.2 Å². The average Bonchev–Trinajstić information content (AvgIpc) is 2.94. The summed E-state index contributed by atoms with van der Waals surface area (Å²) < 4.78 is 0. The average molecular weight is 463 g/mol. The van der Waals surface area contributed by atoms with Gasteiger partial charge in [-0.15, -0.1) is 0 Å². The van der Waals surface area contributed by atoms with E-state index >= 15 is 0 Å². The molecule has 0 heterocycles. The molecule has 0 saturated heterocycles. The molecule has 0 aromatic heterocycles. The van der Waals surface area contributed by atoms with Gasteiger partial charge in [0.1, 0.15) is 0 Å². The van der Waals surface area contributed by atoms with Crippen LogP contribution in [0.3, 0.4) is 0 Å². The molecule has 0 radical (unpaired) electrons. The number of benzene rings is 4. The maximum Gasteiger partial charge on any atom is 0.0988 e. The summed E-state index contributed by atoms with van der Waals surface area (Å²) in [6.07, 6.45) is 8.38. The smallest absolute Gasteiger partial charge is 0.0988 e. The number of fused-ring (bicyclic) bond motifs is 1. The summed E-state index contributed by atoms with van der Waals surface area (Å²) in [6.45, 7) is 7.32. The molecule has 0 unspecified atom stereocenters. The van der Waals surface area contributed by atoms with Gasteiger partial charge in [-0.05, 0) is 69.1 Å². The lowest BCUT2D eigenvalue weighted by molar-refractivity contribution is 1.26. The van der Waals surface area contributed by atoms with Crippen molar-refractivity contribution in [1.29, 1.82) is 10.5 Å². The van der Waals surface area contributed by atoms with Crippen molar-refractivity contribution in [2.24, 2.45) is 0 Å². The van der Waals surface area contributed by atoms with Crippen LogP contribution < -0.4 is 0 Å². The lowest BCUT2D eigenvalue weighted by Gasteiger charge is -2.08. The van der Waals surface area contributed by atoms with Gasteiger partial charge in [-0.2, -0.15) is 10.5 Å². The van der Waals surface area contributed by atoms with Crippen LogP contribution >= 0.6 is 0 Å². The van der Waals surface area contributed by atoms with Crippen molar-refractivity contribution < 1.29 is 0 Å². The predicted octanol–water partition coefficient (Wildman–Crippen LogP) is 8.53. The second-order valence-electron chi connectivity index (χ2n) is 8.53. The molecule has 0 saturated carbocycles. The molecule has 4 aromatic carbocycles. The summed E-state index contributed by atoms with van der Waals surface area (Å²) in [7, 11) is 0. The third kappa shape index (κ3) is 5.76. The van der Waals surface area contributed by atoms with Crippen LogP contribution in [0.25, 0.3) is 33.0 Å². The Morgan fingerprint density at radius 1 is 0.556 bits per heavy atom. The molecule has 0 spiro atoms. The topological polar surface area (TPSA) is 47.6 Å². The first-order valence-electron chi connectivity index (χ1n) is 11.8. The molecule has 0 aliphatic carbocycles. The summed E-state index contributed by atoms with van der Waals surface area (Å²) in [4.78, 5) is 0. The van der Waals surface area contributed by atoms with Crippen molar-refractivity contribution in [3.8, 4) is 34.4 Å². The quantitative estimate of drug-likeness (QED) is 0.195. The molecule has 0 aliphatic heterocycles. The fraction of sp³-hybridized carbons (Fsp3) is 0.0588. The molecule has 2 nitrogen and oxygen atoms in total. The van der Waals surface area contributed by atoms with Gasteiger partial charge in [-0.25, -0.2) is 0 Å². The first-order valence-corrected chi connectivity index (χ1v) is 11.8. The van der Waals surface area contributed by atoms with Gasteiger partial charge < -0.3 is 0 Å². The zero-order chi connectivity index (χ0) is 25.3. The standard InChI is InChI=1S/C34H26N2/c1-3-25(23-35)5-7-27-9-13-29(14-10-27)31-17-19-34-22-32(18-20-33(34)21-31)30-15-11-28(12-16-30)8-6-26(4-2)24-36/h3-6,9-22H,1-2,7-8H2/b25-5+,26-6+. The Labute approximate surface area is 213 Å². The molecule has 2 heteroatoms. The number of nitrogens with zero attached hydrogens (tertiary/aromatic N) is 2. The Balaban J connectivity index is 1.51. The highest BCUT2D eigenvalue weighted by molar-refractivity contribution is 5.90. The second-order valence-corrected chi connectivity index (χ2v) is 8.53.